The van der Waals surface area contributed by atoms with Crippen molar-refractivity contribution in [2.45, 2.75) is 37.6 Å². The van der Waals surface area contributed by atoms with Gasteiger partial charge in [-0.1, -0.05) is 19.3 Å². The van der Waals surface area contributed by atoms with E-state index in [2.05, 4.69) is 22.2 Å². The molecule has 1 aromatic rings. The lowest BCUT2D eigenvalue weighted by Gasteiger charge is -2.32. The number of anilines is 1. The highest BCUT2D eigenvalue weighted by atomic mass is 16.5. The first kappa shape index (κ1) is 19.1. The summed E-state index contributed by atoms with van der Waals surface area (Å²) in [5, 5.41) is 2.96. The van der Waals surface area contributed by atoms with Crippen LogP contribution in [-0.4, -0.2) is 67.6 Å². The van der Waals surface area contributed by atoms with Crippen molar-refractivity contribution < 1.29 is 9.53 Å². The summed E-state index contributed by atoms with van der Waals surface area (Å²) in [7, 11) is 2.16. The quantitative estimate of drug-likeness (QED) is 0.811. The molecule has 1 amide bonds. The minimum Gasteiger partial charge on any atom is -0.492 e. The summed E-state index contributed by atoms with van der Waals surface area (Å²) in [6.45, 7) is 6.08. The molecule has 2 aliphatic rings. The van der Waals surface area contributed by atoms with Gasteiger partial charge in [0.1, 0.15) is 12.4 Å². The first-order valence-corrected chi connectivity index (χ1v) is 9.79. The number of nitrogens with zero attached hydrogens (tertiary/aromatic N) is 2. The number of hydrogen-bond acceptors (Lipinski definition) is 5. The molecule has 0 atom stereocenters. The maximum atomic E-state index is 12.5. The van der Waals surface area contributed by atoms with Crippen LogP contribution in [0.15, 0.2) is 24.3 Å². The Morgan fingerprint density at radius 1 is 1.12 bits per heavy atom. The van der Waals surface area contributed by atoms with Crippen LogP contribution in [0.4, 0.5) is 5.69 Å². The third kappa shape index (κ3) is 5.19. The summed E-state index contributed by atoms with van der Waals surface area (Å²) in [4.78, 5) is 17.2. The smallest absolute Gasteiger partial charge is 0.244 e. The van der Waals surface area contributed by atoms with E-state index in [-0.39, 0.29) is 5.91 Å². The maximum absolute atomic E-state index is 12.5. The second-order valence-corrected chi connectivity index (χ2v) is 7.69. The zero-order valence-corrected chi connectivity index (χ0v) is 15.9. The van der Waals surface area contributed by atoms with E-state index in [1.807, 2.05) is 24.3 Å². The standard InChI is InChI=1S/C20H32N4O2/c1-23-11-13-24(14-12-23)15-16-26-18-7-5-17(6-8-18)22-19(25)20(21)9-3-2-4-10-20/h5-8H,2-4,9-16,21H2,1H3,(H,22,25). The number of hydrogen-bond donors (Lipinski definition) is 2. The van der Waals surface area contributed by atoms with E-state index in [1.54, 1.807) is 0 Å². The van der Waals surface area contributed by atoms with Gasteiger partial charge in [0.2, 0.25) is 5.91 Å². The van der Waals surface area contributed by atoms with E-state index in [1.165, 1.54) is 6.42 Å². The van der Waals surface area contributed by atoms with Gasteiger partial charge in [-0.15, -0.1) is 0 Å². The van der Waals surface area contributed by atoms with Gasteiger partial charge in [0.25, 0.3) is 0 Å². The van der Waals surface area contributed by atoms with Crippen LogP contribution < -0.4 is 15.8 Å². The molecule has 3 rings (SSSR count). The van der Waals surface area contributed by atoms with Crippen LogP contribution in [0.25, 0.3) is 0 Å². The molecule has 0 aromatic heterocycles. The molecule has 1 saturated heterocycles. The highest BCUT2D eigenvalue weighted by molar-refractivity contribution is 5.98. The lowest BCUT2D eigenvalue weighted by molar-refractivity contribution is -0.122. The summed E-state index contributed by atoms with van der Waals surface area (Å²) in [6.07, 6.45) is 4.78. The molecule has 1 heterocycles. The Bertz CT molecular complexity index is 576. The molecule has 0 radical (unpaired) electrons. The topological polar surface area (TPSA) is 70.8 Å². The van der Waals surface area contributed by atoms with Gasteiger partial charge in [-0.3, -0.25) is 9.69 Å². The fourth-order valence-electron chi connectivity index (χ4n) is 3.66. The summed E-state index contributed by atoms with van der Waals surface area (Å²) in [5.41, 5.74) is 6.34. The number of ether oxygens (including phenoxy) is 1. The van der Waals surface area contributed by atoms with Crippen molar-refractivity contribution >= 4 is 11.6 Å². The number of nitrogens with one attached hydrogen (secondary N) is 1. The van der Waals surface area contributed by atoms with Gasteiger partial charge >= 0.3 is 0 Å². The number of rotatable bonds is 6. The monoisotopic (exact) mass is 360 g/mol. The minimum absolute atomic E-state index is 0.0686. The minimum atomic E-state index is -0.712. The molecule has 0 unspecified atom stereocenters. The molecule has 1 aliphatic carbocycles. The molecule has 26 heavy (non-hydrogen) atoms. The van der Waals surface area contributed by atoms with E-state index >= 15 is 0 Å². The van der Waals surface area contributed by atoms with Crippen LogP contribution >= 0.6 is 0 Å². The highest BCUT2D eigenvalue weighted by Crippen LogP contribution is 2.27. The number of carbonyl (C=O) groups is 1. The Balaban J connectivity index is 1.42. The van der Waals surface area contributed by atoms with E-state index in [4.69, 9.17) is 10.5 Å². The molecule has 2 fully saturated rings. The SMILES string of the molecule is CN1CCN(CCOc2ccc(NC(=O)C3(N)CCCCC3)cc2)CC1. The Morgan fingerprint density at radius 3 is 2.42 bits per heavy atom. The van der Waals surface area contributed by atoms with E-state index in [0.717, 1.165) is 69.8 Å². The normalized spacial score (nSPS) is 21.3. The Morgan fingerprint density at radius 2 is 1.77 bits per heavy atom. The number of benzene rings is 1. The first-order valence-electron chi connectivity index (χ1n) is 9.79. The largest absolute Gasteiger partial charge is 0.492 e. The zero-order chi connectivity index (χ0) is 18.4. The van der Waals surface area contributed by atoms with Crippen molar-refractivity contribution in [1.29, 1.82) is 0 Å². The van der Waals surface area contributed by atoms with Gasteiger partial charge in [0.05, 0.1) is 5.54 Å². The number of likely N-dealkylation sites (N-methyl/N-ethyl adjacent to an activating group) is 1. The lowest BCUT2D eigenvalue weighted by atomic mass is 9.82. The molecular weight excluding hydrogens is 328 g/mol. The zero-order valence-electron chi connectivity index (χ0n) is 15.9. The second kappa shape index (κ2) is 8.84. The van der Waals surface area contributed by atoms with Crippen LogP contribution in [0.1, 0.15) is 32.1 Å². The molecule has 1 saturated carbocycles. The van der Waals surface area contributed by atoms with Crippen LogP contribution in [-0.2, 0) is 4.79 Å². The van der Waals surface area contributed by atoms with Crippen LogP contribution in [0, 0.1) is 0 Å². The van der Waals surface area contributed by atoms with E-state index < -0.39 is 5.54 Å². The predicted octanol–water partition coefficient (Wildman–Crippen LogP) is 1.91. The molecule has 1 aliphatic heterocycles. The molecule has 144 valence electrons. The Hall–Kier alpha value is -1.63. The van der Waals surface area contributed by atoms with Gasteiger partial charge < -0.3 is 20.7 Å². The average Bonchev–Trinajstić information content (AvgIpc) is 2.65. The van der Waals surface area contributed by atoms with Crippen LogP contribution in [0.5, 0.6) is 5.75 Å². The summed E-state index contributed by atoms with van der Waals surface area (Å²) < 4.78 is 5.84. The first-order chi connectivity index (χ1) is 12.5. The third-order valence-electron chi connectivity index (χ3n) is 5.58. The third-order valence-corrected chi connectivity index (χ3v) is 5.58. The number of nitrogens with two attached hydrogens (primary N) is 1. The Kier molecular flexibility index (Phi) is 6.51. The molecule has 3 N–H and O–H groups in total. The predicted molar refractivity (Wildman–Crippen MR) is 105 cm³/mol. The van der Waals surface area contributed by atoms with E-state index in [0.29, 0.717) is 6.61 Å². The van der Waals surface area contributed by atoms with Crippen molar-refractivity contribution in [2.24, 2.45) is 5.73 Å². The van der Waals surface area contributed by atoms with Crippen LogP contribution in [0.2, 0.25) is 0 Å². The van der Waals surface area contributed by atoms with Crippen molar-refractivity contribution in [3.63, 3.8) is 0 Å². The lowest BCUT2D eigenvalue weighted by Crippen LogP contribution is -2.52. The fraction of sp³-hybridized carbons (Fsp3) is 0.650. The number of piperazine rings is 1. The molecule has 6 nitrogen and oxygen atoms in total. The number of amides is 1. The van der Waals surface area contributed by atoms with Crippen molar-refractivity contribution in [3.8, 4) is 5.75 Å². The molecule has 0 bridgehead atoms. The molecule has 1 aromatic carbocycles. The summed E-state index contributed by atoms with van der Waals surface area (Å²) >= 11 is 0. The highest BCUT2D eigenvalue weighted by Gasteiger charge is 2.35. The fourth-order valence-corrected chi connectivity index (χ4v) is 3.66. The van der Waals surface area contributed by atoms with E-state index in [9.17, 15) is 4.79 Å². The van der Waals surface area contributed by atoms with Gasteiger partial charge in [0.15, 0.2) is 0 Å². The molecular formula is C20H32N4O2. The van der Waals surface area contributed by atoms with Crippen LogP contribution in [0.3, 0.4) is 0 Å². The average molecular weight is 361 g/mol. The van der Waals surface area contributed by atoms with Gasteiger partial charge in [0, 0.05) is 38.4 Å². The van der Waals surface area contributed by atoms with Gasteiger partial charge in [-0.05, 0) is 44.2 Å². The number of carbonyl (C=O) groups excluding carboxylic acids is 1. The van der Waals surface area contributed by atoms with Gasteiger partial charge in [-0.25, -0.2) is 0 Å². The van der Waals surface area contributed by atoms with Crippen molar-refractivity contribution in [2.75, 3.05) is 51.7 Å². The maximum Gasteiger partial charge on any atom is 0.244 e. The summed E-state index contributed by atoms with van der Waals surface area (Å²) in [5.74, 6) is 0.762. The van der Waals surface area contributed by atoms with Crippen molar-refractivity contribution in [1.82, 2.24) is 9.80 Å². The van der Waals surface area contributed by atoms with Crippen molar-refractivity contribution in [3.05, 3.63) is 24.3 Å². The second-order valence-electron chi connectivity index (χ2n) is 7.69. The Labute approximate surface area is 156 Å². The molecule has 6 heteroatoms. The molecule has 0 spiro atoms. The summed E-state index contributed by atoms with van der Waals surface area (Å²) in [6, 6.07) is 7.58. The van der Waals surface area contributed by atoms with Gasteiger partial charge in [-0.2, -0.15) is 0 Å².